The fourth-order valence-corrected chi connectivity index (χ4v) is 4.54. The molecule has 0 saturated heterocycles. The minimum atomic E-state index is -4.43. The maximum atomic E-state index is 13.6. The predicted molar refractivity (Wildman–Crippen MR) is 151 cm³/mol. The topological polar surface area (TPSA) is 56.4 Å². The van der Waals surface area contributed by atoms with Crippen LogP contribution in [0, 0.1) is 0 Å². The summed E-state index contributed by atoms with van der Waals surface area (Å²) >= 11 is 0. The van der Waals surface area contributed by atoms with Gasteiger partial charge in [-0.05, 0) is 53.8 Å². The molecule has 0 unspecified atom stereocenters. The number of benzene rings is 3. The number of halogens is 3. The molecule has 1 heterocycles. The van der Waals surface area contributed by atoms with Gasteiger partial charge in [0.05, 0.1) is 5.56 Å². The van der Waals surface area contributed by atoms with Crippen LogP contribution in [0.4, 0.5) is 13.2 Å². The third kappa shape index (κ3) is 7.62. The number of hydrogen-bond acceptors (Lipinski definition) is 2. The van der Waals surface area contributed by atoms with Crippen LogP contribution in [0.1, 0.15) is 35.6 Å². The highest BCUT2D eigenvalue weighted by Crippen LogP contribution is 2.29. The molecule has 1 aromatic heterocycles. The van der Waals surface area contributed by atoms with Crippen molar-refractivity contribution in [3.8, 4) is 0 Å². The number of amides is 2. The normalized spacial score (nSPS) is 11.7. The van der Waals surface area contributed by atoms with E-state index in [0.717, 1.165) is 34.2 Å². The Labute approximate surface area is 231 Å². The number of hydrogen-bond donors (Lipinski definition) is 1. The number of fused-ring (bicyclic) bond motifs is 1. The molecule has 0 bridgehead atoms. The molecule has 0 saturated carbocycles. The summed E-state index contributed by atoms with van der Waals surface area (Å²) in [5.41, 5.74) is 2.74. The first-order valence-corrected chi connectivity index (χ1v) is 13.3. The number of rotatable bonds is 11. The average Bonchev–Trinajstić information content (AvgIpc) is 3.37. The zero-order valence-corrected chi connectivity index (χ0v) is 22.3. The summed E-state index contributed by atoms with van der Waals surface area (Å²) in [6.45, 7) is 2.69. The Balaban J connectivity index is 1.52. The van der Waals surface area contributed by atoms with Gasteiger partial charge in [0, 0.05) is 42.8 Å². The minimum absolute atomic E-state index is 0.125. The number of carbonyl (C=O) groups excluding carboxylic acids is 2. The first kappa shape index (κ1) is 28.7. The Morgan fingerprint density at radius 1 is 0.875 bits per heavy atom. The molecule has 8 heteroatoms. The van der Waals surface area contributed by atoms with Crippen LogP contribution in [0.2, 0.25) is 0 Å². The zero-order valence-electron chi connectivity index (χ0n) is 22.3. The standard InChI is InChI=1S/C32H32F3N3O2/c1-2-19-37(30(39)17-14-24-8-4-3-5-9-24)23-31(40)38(22-25-12-15-27(16-13-25)32(33,34)35)20-18-26-21-36-29-11-7-6-10-28(26)29/h3-17,21,36H,2,18-20,22-23H2,1H3. The van der Waals surface area contributed by atoms with Gasteiger partial charge < -0.3 is 14.8 Å². The second-order valence-electron chi connectivity index (χ2n) is 9.62. The van der Waals surface area contributed by atoms with E-state index in [1.54, 1.807) is 11.0 Å². The van der Waals surface area contributed by atoms with Gasteiger partial charge >= 0.3 is 6.18 Å². The van der Waals surface area contributed by atoms with E-state index in [-0.39, 0.29) is 24.9 Å². The third-order valence-corrected chi connectivity index (χ3v) is 6.68. The van der Waals surface area contributed by atoms with Crippen molar-refractivity contribution in [1.29, 1.82) is 0 Å². The van der Waals surface area contributed by atoms with E-state index in [2.05, 4.69) is 4.98 Å². The molecule has 5 nitrogen and oxygen atoms in total. The summed E-state index contributed by atoms with van der Waals surface area (Å²) in [4.78, 5) is 32.9. The molecule has 0 aliphatic heterocycles. The van der Waals surface area contributed by atoms with Gasteiger partial charge in [0.1, 0.15) is 6.54 Å². The molecule has 0 radical (unpaired) electrons. The molecule has 40 heavy (non-hydrogen) atoms. The first-order valence-electron chi connectivity index (χ1n) is 13.3. The Morgan fingerprint density at radius 3 is 2.27 bits per heavy atom. The fraction of sp³-hybridized carbons (Fsp3) is 0.250. The number of nitrogens with zero attached hydrogens (tertiary/aromatic N) is 2. The quantitative estimate of drug-likeness (QED) is 0.212. The molecular formula is C32H32F3N3O2. The largest absolute Gasteiger partial charge is 0.416 e. The van der Waals surface area contributed by atoms with Crippen molar-refractivity contribution in [3.05, 3.63) is 113 Å². The number of alkyl halides is 3. The van der Waals surface area contributed by atoms with E-state index in [9.17, 15) is 22.8 Å². The Bertz CT molecular complexity index is 1440. The molecule has 0 atom stereocenters. The summed E-state index contributed by atoms with van der Waals surface area (Å²) in [6, 6.07) is 22.1. The Hall–Kier alpha value is -4.33. The van der Waals surface area contributed by atoms with Crippen LogP contribution in [-0.2, 0) is 28.7 Å². The Morgan fingerprint density at radius 2 is 1.57 bits per heavy atom. The molecule has 0 aliphatic carbocycles. The molecule has 2 amide bonds. The summed E-state index contributed by atoms with van der Waals surface area (Å²) < 4.78 is 39.2. The molecule has 208 valence electrons. The summed E-state index contributed by atoms with van der Waals surface area (Å²) in [7, 11) is 0. The van der Waals surface area contributed by atoms with Crippen LogP contribution in [0.15, 0.2) is 91.1 Å². The molecular weight excluding hydrogens is 515 g/mol. The van der Waals surface area contributed by atoms with Gasteiger partial charge in [0.15, 0.2) is 0 Å². The molecule has 1 N–H and O–H groups in total. The van der Waals surface area contributed by atoms with Gasteiger partial charge in [0.2, 0.25) is 11.8 Å². The maximum Gasteiger partial charge on any atom is 0.416 e. The van der Waals surface area contributed by atoms with Gasteiger partial charge in [-0.1, -0.05) is 67.6 Å². The van der Waals surface area contributed by atoms with Crippen LogP contribution < -0.4 is 0 Å². The van der Waals surface area contributed by atoms with Gasteiger partial charge in [-0.2, -0.15) is 13.2 Å². The van der Waals surface area contributed by atoms with Crippen LogP contribution >= 0.6 is 0 Å². The maximum absolute atomic E-state index is 13.6. The number of aromatic amines is 1. The first-order chi connectivity index (χ1) is 19.2. The molecule has 4 rings (SSSR count). The number of H-pyrrole nitrogens is 1. The highest BCUT2D eigenvalue weighted by Gasteiger charge is 2.30. The lowest BCUT2D eigenvalue weighted by molar-refractivity contribution is -0.138. The van der Waals surface area contributed by atoms with E-state index in [1.807, 2.05) is 67.7 Å². The third-order valence-electron chi connectivity index (χ3n) is 6.68. The van der Waals surface area contributed by atoms with Gasteiger partial charge in [-0.25, -0.2) is 0 Å². The second-order valence-corrected chi connectivity index (χ2v) is 9.62. The smallest absolute Gasteiger partial charge is 0.361 e. The lowest BCUT2D eigenvalue weighted by Crippen LogP contribution is -2.43. The molecule has 0 aliphatic rings. The predicted octanol–water partition coefficient (Wildman–Crippen LogP) is 6.71. The fourth-order valence-electron chi connectivity index (χ4n) is 4.54. The van der Waals surface area contributed by atoms with E-state index in [4.69, 9.17) is 0 Å². The summed E-state index contributed by atoms with van der Waals surface area (Å²) in [6.07, 6.45) is 1.87. The van der Waals surface area contributed by atoms with Crippen molar-refractivity contribution < 1.29 is 22.8 Å². The minimum Gasteiger partial charge on any atom is -0.361 e. The highest BCUT2D eigenvalue weighted by atomic mass is 19.4. The SMILES string of the molecule is CCCN(CC(=O)N(CCc1c[nH]c2ccccc12)Cc1ccc(C(F)(F)F)cc1)C(=O)C=Cc1ccccc1. The lowest BCUT2D eigenvalue weighted by atomic mass is 10.1. The Kier molecular flexibility index (Phi) is 9.43. The van der Waals surface area contributed by atoms with Crippen LogP contribution in [0.25, 0.3) is 17.0 Å². The number of nitrogens with one attached hydrogen (secondary N) is 1. The van der Waals surface area contributed by atoms with E-state index >= 15 is 0 Å². The lowest BCUT2D eigenvalue weighted by Gasteiger charge is -2.27. The number of carbonyl (C=O) groups is 2. The number of para-hydroxylation sites is 1. The highest BCUT2D eigenvalue weighted by molar-refractivity contribution is 5.94. The van der Waals surface area contributed by atoms with Gasteiger partial charge in [-0.15, -0.1) is 0 Å². The summed E-state index contributed by atoms with van der Waals surface area (Å²) in [5.74, 6) is -0.542. The monoisotopic (exact) mass is 547 g/mol. The average molecular weight is 548 g/mol. The zero-order chi connectivity index (χ0) is 28.5. The van der Waals surface area contributed by atoms with Crippen molar-refractivity contribution in [1.82, 2.24) is 14.8 Å². The van der Waals surface area contributed by atoms with E-state index in [1.165, 1.54) is 23.1 Å². The second kappa shape index (κ2) is 13.2. The van der Waals surface area contributed by atoms with Crippen molar-refractivity contribution in [2.24, 2.45) is 0 Å². The van der Waals surface area contributed by atoms with Crippen molar-refractivity contribution in [3.63, 3.8) is 0 Å². The van der Waals surface area contributed by atoms with Crippen molar-refractivity contribution >= 4 is 28.8 Å². The molecule has 3 aromatic carbocycles. The van der Waals surface area contributed by atoms with E-state index in [0.29, 0.717) is 31.5 Å². The van der Waals surface area contributed by atoms with Crippen LogP contribution in [-0.4, -0.2) is 46.2 Å². The number of aromatic nitrogens is 1. The van der Waals surface area contributed by atoms with Crippen LogP contribution in [0.5, 0.6) is 0 Å². The van der Waals surface area contributed by atoms with Crippen molar-refractivity contribution in [2.45, 2.75) is 32.5 Å². The molecule has 0 fully saturated rings. The summed E-state index contributed by atoms with van der Waals surface area (Å²) in [5, 5.41) is 1.05. The van der Waals surface area contributed by atoms with E-state index < -0.39 is 11.7 Å². The van der Waals surface area contributed by atoms with Gasteiger partial charge in [-0.3, -0.25) is 9.59 Å². The molecule has 0 spiro atoms. The van der Waals surface area contributed by atoms with Crippen molar-refractivity contribution in [2.75, 3.05) is 19.6 Å². The molecule has 4 aromatic rings. The van der Waals surface area contributed by atoms with Gasteiger partial charge in [0.25, 0.3) is 0 Å². The van der Waals surface area contributed by atoms with Crippen LogP contribution in [0.3, 0.4) is 0 Å².